The predicted molar refractivity (Wildman–Crippen MR) is 190 cm³/mol. The molecule has 4 aromatic rings. The van der Waals surface area contributed by atoms with Crippen LogP contribution in [0.1, 0.15) is 111 Å². The molecule has 0 atom stereocenters. The number of benzene rings is 4. The van der Waals surface area contributed by atoms with E-state index in [-0.39, 0.29) is 16.2 Å². The van der Waals surface area contributed by atoms with Gasteiger partial charge >= 0.3 is 0 Å². The van der Waals surface area contributed by atoms with E-state index >= 15 is 0 Å². The highest BCUT2D eigenvalue weighted by Crippen LogP contribution is 2.56. The van der Waals surface area contributed by atoms with Crippen LogP contribution in [0, 0.1) is 41.5 Å². The second-order valence-electron chi connectivity index (χ2n) is 15.8. The Morgan fingerprint density at radius 1 is 0.500 bits per heavy atom. The highest BCUT2D eigenvalue weighted by molar-refractivity contribution is 5.81. The summed E-state index contributed by atoms with van der Waals surface area (Å²) in [5, 5.41) is 7.72. The van der Waals surface area contributed by atoms with Crippen LogP contribution in [0.5, 0.6) is 11.5 Å². The van der Waals surface area contributed by atoms with E-state index in [1.165, 1.54) is 55.6 Å². The molecule has 5 rings (SSSR count). The van der Waals surface area contributed by atoms with E-state index in [9.17, 15) is 0 Å². The molecule has 0 saturated carbocycles. The molecule has 0 radical (unpaired) electrons. The normalized spacial score (nSPS) is 14.0. The molecule has 0 bridgehead atoms. The summed E-state index contributed by atoms with van der Waals surface area (Å²) in [4.78, 5) is 0. The van der Waals surface area contributed by atoms with E-state index in [1.54, 1.807) is 0 Å². The Hall–Kier alpha value is -3.72. The summed E-state index contributed by atoms with van der Waals surface area (Å²) in [5.41, 5.74) is 16.4. The second kappa shape index (κ2) is 10.7. The van der Waals surface area contributed by atoms with E-state index in [0.717, 1.165) is 34.2 Å². The lowest BCUT2D eigenvalue weighted by Gasteiger charge is -2.39. The number of fused-ring (bicyclic) bond motifs is 2. The first-order valence-electron chi connectivity index (χ1n) is 16.0. The molecule has 0 aromatic heterocycles. The fourth-order valence-electron chi connectivity index (χ4n) is 6.73. The Morgan fingerprint density at radius 2 is 0.818 bits per heavy atom. The first kappa shape index (κ1) is 31.7. The highest BCUT2D eigenvalue weighted by atomic mass is 16.5. The molecular formula is C41H52N2O. The van der Waals surface area contributed by atoms with Crippen LogP contribution in [-0.2, 0) is 16.2 Å². The Bertz CT molecular complexity index is 1600. The van der Waals surface area contributed by atoms with Gasteiger partial charge in [0.2, 0.25) is 0 Å². The quantitative estimate of drug-likeness (QED) is 0.249. The van der Waals surface area contributed by atoms with Gasteiger partial charge in [-0.2, -0.15) is 0 Å². The molecule has 4 aromatic carbocycles. The van der Waals surface area contributed by atoms with Crippen LogP contribution < -0.4 is 15.4 Å². The van der Waals surface area contributed by atoms with Gasteiger partial charge in [0.15, 0.2) is 11.5 Å². The maximum atomic E-state index is 7.14. The zero-order chi connectivity index (χ0) is 32.5. The molecule has 3 nitrogen and oxygen atoms in total. The van der Waals surface area contributed by atoms with Crippen molar-refractivity contribution in [1.82, 2.24) is 0 Å². The summed E-state index contributed by atoms with van der Waals surface area (Å²) in [5.74, 6) is 1.80. The lowest BCUT2D eigenvalue weighted by atomic mass is 9.71. The first-order valence-corrected chi connectivity index (χ1v) is 16.0. The van der Waals surface area contributed by atoms with Crippen LogP contribution >= 0.6 is 0 Å². The van der Waals surface area contributed by atoms with Crippen molar-refractivity contribution in [3.63, 3.8) is 0 Å². The molecule has 232 valence electrons. The van der Waals surface area contributed by atoms with E-state index in [4.69, 9.17) is 4.74 Å². The van der Waals surface area contributed by atoms with Crippen molar-refractivity contribution in [2.24, 2.45) is 0 Å². The van der Waals surface area contributed by atoms with Gasteiger partial charge in [0.1, 0.15) is 0 Å². The van der Waals surface area contributed by atoms with E-state index in [0.29, 0.717) is 0 Å². The van der Waals surface area contributed by atoms with Crippen molar-refractivity contribution in [2.45, 2.75) is 113 Å². The molecule has 1 aliphatic heterocycles. The van der Waals surface area contributed by atoms with Gasteiger partial charge in [-0.05, 0) is 97.9 Å². The summed E-state index contributed by atoms with van der Waals surface area (Å²) in [7, 11) is 0. The standard InChI is InChI=1S/C41H52N2O/c1-23-15-25(3)35(26(4)16-23)42-33-21-29(39(7,8)9)19-31-37(33)44-38-32(41(31,13)14)20-30(40(10,11)12)22-34(38)43-36-27(5)17-24(2)18-28(36)6/h15-22,42-43H,1-14H3. The van der Waals surface area contributed by atoms with Crippen LogP contribution in [-0.4, -0.2) is 0 Å². The van der Waals surface area contributed by atoms with Gasteiger partial charge in [0.25, 0.3) is 0 Å². The predicted octanol–water partition coefficient (Wildman–Crippen LogP) is 12.1. The monoisotopic (exact) mass is 588 g/mol. The summed E-state index contributed by atoms with van der Waals surface area (Å²) >= 11 is 0. The number of rotatable bonds is 4. The lowest BCUT2D eigenvalue weighted by molar-refractivity contribution is 0.418. The third-order valence-electron chi connectivity index (χ3n) is 9.33. The Balaban J connectivity index is 1.77. The van der Waals surface area contributed by atoms with Crippen molar-refractivity contribution < 1.29 is 4.74 Å². The molecule has 44 heavy (non-hydrogen) atoms. The Kier molecular flexibility index (Phi) is 7.72. The van der Waals surface area contributed by atoms with E-state index < -0.39 is 0 Å². The van der Waals surface area contributed by atoms with Crippen molar-refractivity contribution in [2.75, 3.05) is 10.6 Å². The van der Waals surface area contributed by atoms with Crippen LogP contribution in [0.15, 0.2) is 48.5 Å². The minimum absolute atomic E-state index is 0.0281. The first-order chi connectivity index (χ1) is 20.3. The third kappa shape index (κ3) is 5.74. The molecule has 0 amide bonds. The van der Waals surface area contributed by atoms with Crippen LogP contribution in [0.2, 0.25) is 0 Å². The van der Waals surface area contributed by atoms with Crippen LogP contribution in [0.4, 0.5) is 22.7 Å². The molecule has 1 aliphatic rings. The molecule has 0 saturated heterocycles. The summed E-state index contributed by atoms with van der Waals surface area (Å²) in [6.45, 7) is 31.5. The SMILES string of the molecule is Cc1cc(C)c(Nc2cc(C(C)(C)C)cc3c2Oc2c(Nc4c(C)cc(C)cc4C)cc(C(C)(C)C)cc2C3(C)C)c(C)c1. The fourth-order valence-corrected chi connectivity index (χ4v) is 6.73. The second-order valence-corrected chi connectivity index (χ2v) is 15.8. The average molecular weight is 589 g/mol. The topological polar surface area (TPSA) is 33.3 Å². The maximum Gasteiger partial charge on any atom is 0.155 e. The molecule has 0 unspecified atom stereocenters. The zero-order valence-corrected chi connectivity index (χ0v) is 29.5. The number of hydrogen-bond donors (Lipinski definition) is 2. The summed E-state index contributed by atoms with van der Waals surface area (Å²) < 4.78 is 7.14. The van der Waals surface area contributed by atoms with Gasteiger partial charge in [-0.25, -0.2) is 0 Å². The van der Waals surface area contributed by atoms with Gasteiger partial charge in [-0.1, -0.05) is 103 Å². The van der Waals surface area contributed by atoms with Gasteiger partial charge < -0.3 is 15.4 Å². The van der Waals surface area contributed by atoms with Crippen LogP contribution in [0.3, 0.4) is 0 Å². The number of ether oxygens (including phenoxy) is 1. The summed E-state index contributed by atoms with van der Waals surface area (Å²) in [6.07, 6.45) is 0. The van der Waals surface area contributed by atoms with Crippen LogP contribution in [0.25, 0.3) is 0 Å². The van der Waals surface area contributed by atoms with E-state index in [2.05, 4.69) is 156 Å². The van der Waals surface area contributed by atoms with Gasteiger partial charge in [-0.3, -0.25) is 0 Å². The average Bonchev–Trinajstić information content (AvgIpc) is 2.87. The molecule has 3 heteroatoms. The Labute approximate surface area is 266 Å². The maximum absolute atomic E-state index is 7.14. The number of anilines is 4. The molecular weight excluding hydrogens is 536 g/mol. The van der Waals surface area contributed by atoms with Gasteiger partial charge in [0, 0.05) is 27.9 Å². The minimum atomic E-state index is -0.299. The van der Waals surface area contributed by atoms with Crippen molar-refractivity contribution in [3.8, 4) is 11.5 Å². The fraction of sp³-hybridized carbons (Fsp3) is 0.415. The van der Waals surface area contributed by atoms with Crippen molar-refractivity contribution >= 4 is 22.7 Å². The van der Waals surface area contributed by atoms with Gasteiger partial charge in [0.05, 0.1) is 11.4 Å². The number of aryl methyl sites for hydroxylation is 6. The highest BCUT2D eigenvalue weighted by Gasteiger charge is 2.39. The number of nitrogens with one attached hydrogen (secondary N) is 2. The molecule has 1 heterocycles. The largest absolute Gasteiger partial charge is 0.452 e. The Morgan fingerprint density at radius 3 is 1.11 bits per heavy atom. The molecule has 0 aliphatic carbocycles. The number of hydrogen-bond acceptors (Lipinski definition) is 3. The molecule has 0 fully saturated rings. The smallest absolute Gasteiger partial charge is 0.155 e. The molecule has 0 spiro atoms. The molecule has 2 N–H and O–H groups in total. The zero-order valence-electron chi connectivity index (χ0n) is 29.5. The summed E-state index contributed by atoms with van der Waals surface area (Å²) in [6, 6.07) is 18.3. The van der Waals surface area contributed by atoms with Gasteiger partial charge in [-0.15, -0.1) is 0 Å². The van der Waals surface area contributed by atoms with Crippen molar-refractivity contribution in [3.05, 3.63) is 104 Å². The van der Waals surface area contributed by atoms with E-state index in [1.807, 2.05) is 0 Å². The van der Waals surface area contributed by atoms with Crippen molar-refractivity contribution in [1.29, 1.82) is 0 Å². The lowest BCUT2D eigenvalue weighted by Crippen LogP contribution is -2.28. The minimum Gasteiger partial charge on any atom is -0.452 e. The third-order valence-corrected chi connectivity index (χ3v) is 9.33.